The molecule has 0 bridgehead atoms. The highest BCUT2D eigenvalue weighted by atomic mass is 16.4. The summed E-state index contributed by atoms with van der Waals surface area (Å²) >= 11 is 0. The van der Waals surface area contributed by atoms with E-state index in [9.17, 15) is 9.90 Å². The molecule has 0 aliphatic heterocycles. The lowest BCUT2D eigenvalue weighted by Gasteiger charge is -2.30. The molecule has 110 valence electrons. The first-order chi connectivity index (χ1) is 9.58. The fourth-order valence-electron chi connectivity index (χ4n) is 3.21. The van der Waals surface area contributed by atoms with E-state index in [0.29, 0.717) is 6.42 Å². The Balaban J connectivity index is 1.99. The Morgan fingerprint density at radius 3 is 2.75 bits per heavy atom. The van der Waals surface area contributed by atoms with Gasteiger partial charge < -0.3 is 15.7 Å². The van der Waals surface area contributed by atoms with Crippen LogP contribution >= 0.6 is 0 Å². The van der Waals surface area contributed by atoms with Gasteiger partial charge in [0.05, 0.1) is 0 Å². The number of rotatable bonds is 6. The quantitative estimate of drug-likeness (QED) is 0.837. The van der Waals surface area contributed by atoms with Gasteiger partial charge in [0.25, 0.3) is 0 Å². The fraction of sp³-hybridized carbons (Fsp3) is 0.562. The summed E-state index contributed by atoms with van der Waals surface area (Å²) in [6, 6.07) is 10.2. The molecule has 1 aliphatic carbocycles. The summed E-state index contributed by atoms with van der Waals surface area (Å²) in [7, 11) is 0. The molecule has 0 heterocycles. The molecule has 2 rings (SSSR count). The van der Waals surface area contributed by atoms with Gasteiger partial charge in [-0.2, -0.15) is 0 Å². The van der Waals surface area contributed by atoms with E-state index >= 15 is 0 Å². The Hall–Kier alpha value is -1.55. The van der Waals surface area contributed by atoms with Gasteiger partial charge in [-0.1, -0.05) is 24.6 Å². The molecule has 0 amide bonds. The van der Waals surface area contributed by atoms with Crippen LogP contribution in [0.5, 0.6) is 0 Å². The van der Waals surface area contributed by atoms with Crippen molar-refractivity contribution in [2.75, 3.05) is 18.0 Å². The van der Waals surface area contributed by atoms with E-state index in [4.69, 9.17) is 5.73 Å². The predicted molar refractivity (Wildman–Crippen MR) is 80.8 cm³/mol. The summed E-state index contributed by atoms with van der Waals surface area (Å²) in [5, 5.41) is 9.34. The van der Waals surface area contributed by atoms with Gasteiger partial charge in [0.15, 0.2) is 0 Å². The Morgan fingerprint density at radius 1 is 1.45 bits per heavy atom. The van der Waals surface area contributed by atoms with Crippen LogP contribution in [0.4, 0.5) is 5.69 Å². The summed E-state index contributed by atoms with van der Waals surface area (Å²) in [5.74, 6) is -0.763. The number of benzene rings is 1. The molecule has 1 aliphatic rings. The topological polar surface area (TPSA) is 66.6 Å². The van der Waals surface area contributed by atoms with Crippen LogP contribution in [0.15, 0.2) is 30.3 Å². The van der Waals surface area contributed by atoms with Crippen molar-refractivity contribution < 1.29 is 9.90 Å². The Kier molecular flexibility index (Phi) is 4.65. The summed E-state index contributed by atoms with van der Waals surface area (Å²) < 4.78 is 0. The number of nitrogens with two attached hydrogens (primary N) is 1. The molecule has 4 heteroatoms. The second kappa shape index (κ2) is 6.27. The first-order valence-corrected chi connectivity index (χ1v) is 7.40. The Bertz CT molecular complexity index is 449. The standard InChI is InChI=1S/C16H24N2O2/c1-2-18(14-8-4-3-5-9-14)12-10-13-7-6-11-16(13,17)15(19)20/h3-5,8-9,13H,2,6-7,10-12,17H2,1H3,(H,19,20). The molecule has 3 N–H and O–H groups in total. The largest absolute Gasteiger partial charge is 0.480 e. The zero-order valence-electron chi connectivity index (χ0n) is 12.1. The lowest BCUT2D eigenvalue weighted by Crippen LogP contribution is -2.51. The molecule has 0 aromatic heterocycles. The minimum Gasteiger partial charge on any atom is -0.480 e. The van der Waals surface area contributed by atoms with Gasteiger partial charge in [-0.25, -0.2) is 0 Å². The number of hydrogen-bond donors (Lipinski definition) is 2. The number of aliphatic carboxylic acids is 1. The number of carbonyl (C=O) groups is 1. The van der Waals surface area contributed by atoms with E-state index in [1.807, 2.05) is 18.2 Å². The van der Waals surface area contributed by atoms with Crippen LogP contribution in [0.1, 0.15) is 32.6 Å². The van der Waals surface area contributed by atoms with Gasteiger partial charge in [0.2, 0.25) is 0 Å². The molecule has 4 nitrogen and oxygen atoms in total. The highest BCUT2D eigenvalue weighted by Gasteiger charge is 2.45. The smallest absolute Gasteiger partial charge is 0.323 e. The summed E-state index contributed by atoms with van der Waals surface area (Å²) in [5.41, 5.74) is 6.26. The number of para-hydroxylation sites is 1. The molecule has 0 radical (unpaired) electrons. The maximum absolute atomic E-state index is 11.4. The molecule has 1 fully saturated rings. The SMILES string of the molecule is CCN(CCC1CCCC1(N)C(=O)O)c1ccccc1. The second-order valence-electron chi connectivity index (χ2n) is 5.64. The lowest BCUT2D eigenvalue weighted by molar-refractivity contribution is -0.144. The summed E-state index contributed by atoms with van der Waals surface area (Å²) in [4.78, 5) is 13.7. The molecule has 2 unspecified atom stereocenters. The van der Waals surface area contributed by atoms with Crippen molar-refractivity contribution in [3.8, 4) is 0 Å². The highest BCUT2D eigenvalue weighted by molar-refractivity contribution is 5.79. The van der Waals surface area contributed by atoms with E-state index in [1.54, 1.807) is 0 Å². The van der Waals surface area contributed by atoms with Crippen molar-refractivity contribution in [2.45, 2.75) is 38.1 Å². The molecule has 2 atom stereocenters. The maximum atomic E-state index is 11.4. The number of carboxylic acids is 1. The number of carboxylic acid groups (broad SMARTS) is 1. The summed E-state index contributed by atoms with van der Waals surface area (Å²) in [6.07, 6.45) is 3.29. The predicted octanol–water partition coefficient (Wildman–Crippen LogP) is 2.49. The van der Waals surface area contributed by atoms with Gasteiger partial charge in [-0.05, 0) is 44.2 Å². The van der Waals surface area contributed by atoms with Gasteiger partial charge in [0, 0.05) is 18.8 Å². The number of hydrogen-bond acceptors (Lipinski definition) is 3. The van der Waals surface area contributed by atoms with Crippen LogP contribution in [-0.2, 0) is 4.79 Å². The Morgan fingerprint density at radius 2 is 2.15 bits per heavy atom. The Labute approximate surface area is 120 Å². The van der Waals surface area contributed by atoms with Crippen molar-refractivity contribution in [3.05, 3.63) is 30.3 Å². The van der Waals surface area contributed by atoms with E-state index in [-0.39, 0.29) is 5.92 Å². The highest BCUT2D eigenvalue weighted by Crippen LogP contribution is 2.36. The van der Waals surface area contributed by atoms with E-state index in [1.165, 1.54) is 5.69 Å². The van der Waals surface area contributed by atoms with E-state index in [0.717, 1.165) is 32.4 Å². The van der Waals surface area contributed by atoms with Crippen LogP contribution in [0.2, 0.25) is 0 Å². The molecular weight excluding hydrogens is 252 g/mol. The van der Waals surface area contributed by atoms with Crippen LogP contribution < -0.4 is 10.6 Å². The van der Waals surface area contributed by atoms with Gasteiger partial charge in [0.1, 0.15) is 5.54 Å². The van der Waals surface area contributed by atoms with E-state index < -0.39 is 11.5 Å². The molecule has 0 saturated heterocycles. The van der Waals surface area contributed by atoms with Crippen molar-refractivity contribution in [1.29, 1.82) is 0 Å². The minimum absolute atomic E-state index is 0.0813. The number of nitrogens with zero attached hydrogens (tertiary/aromatic N) is 1. The molecule has 1 saturated carbocycles. The van der Waals surface area contributed by atoms with Crippen LogP contribution in [0.25, 0.3) is 0 Å². The van der Waals surface area contributed by atoms with Crippen molar-refractivity contribution in [3.63, 3.8) is 0 Å². The van der Waals surface area contributed by atoms with Crippen LogP contribution in [0.3, 0.4) is 0 Å². The normalized spacial score (nSPS) is 25.6. The first-order valence-electron chi connectivity index (χ1n) is 7.40. The average Bonchev–Trinajstić information content (AvgIpc) is 2.84. The molecule has 1 aromatic rings. The van der Waals surface area contributed by atoms with E-state index in [2.05, 4.69) is 24.0 Å². The zero-order valence-corrected chi connectivity index (χ0v) is 12.1. The van der Waals surface area contributed by atoms with Crippen molar-refractivity contribution in [1.82, 2.24) is 0 Å². The summed E-state index contributed by atoms with van der Waals surface area (Å²) in [6.45, 7) is 3.90. The minimum atomic E-state index is -1.02. The van der Waals surface area contributed by atoms with Gasteiger partial charge >= 0.3 is 5.97 Å². The van der Waals surface area contributed by atoms with Crippen molar-refractivity contribution >= 4 is 11.7 Å². The first kappa shape index (κ1) is 14.9. The monoisotopic (exact) mass is 276 g/mol. The average molecular weight is 276 g/mol. The van der Waals surface area contributed by atoms with Gasteiger partial charge in [-0.3, -0.25) is 4.79 Å². The van der Waals surface area contributed by atoms with Crippen LogP contribution in [-0.4, -0.2) is 29.7 Å². The third kappa shape index (κ3) is 2.96. The maximum Gasteiger partial charge on any atom is 0.323 e. The molecular formula is C16H24N2O2. The molecule has 20 heavy (non-hydrogen) atoms. The molecule has 0 spiro atoms. The third-order valence-electron chi connectivity index (χ3n) is 4.52. The molecule has 1 aromatic carbocycles. The zero-order chi connectivity index (χ0) is 14.6. The van der Waals surface area contributed by atoms with Crippen LogP contribution in [0, 0.1) is 5.92 Å². The van der Waals surface area contributed by atoms with Gasteiger partial charge in [-0.15, -0.1) is 0 Å². The van der Waals surface area contributed by atoms with Crippen molar-refractivity contribution in [2.24, 2.45) is 11.7 Å². The lowest BCUT2D eigenvalue weighted by atomic mass is 9.85. The fourth-order valence-corrected chi connectivity index (χ4v) is 3.21. The third-order valence-corrected chi connectivity index (χ3v) is 4.52. The number of anilines is 1. The second-order valence-corrected chi connectivity index (χ2v) is 5.64.